The van der Waals surface area contributed by atoms with E-state index in [1.807, 2.05) is 22.6 Å². The molecule has 0 spiro atoms. The molecular formula is C12H24INO2. The van der Waals surface area contributed by atoms with Gasteiger partial charge < -0.3 is 9.84 Å². The van der Waals surface area contributed by atoms with Crippen molar-refractivity contribution in [3.8, 4) is 0 Å². The van der Waals surface area contributed by atoms with Crippen molar-refractivity contribution in [2.45, 2.75) is 50.9 Å². The van der Waals surface area contributed by atoms with Crippen LogP contribution < -0.4 is 5.73 Å². The molecule has 0 rings (SSSR count). The van der Waals surface area contributed by atoms with Crippen molar-refractivity contribution in [3.63, 3.8) is 0 Å². The molecule has 3 N–H and O–H groups in total. The molecule has 0 bridgehead atoms. The van der Waals surface area contributed by atoms with Crippen LogP contribution in [0.2, 0.25) is 0 Å². The van der Waals surface area contributed by atoms with Crippen LogP contribution in [0.5, 0.6) is 0 Å². The molecule has 0 saturated heterocycles. The zero-order chi connectivity index (χ0) is 12.7. The Kier molecular flexibility index (Phi) is 8.40. The van der Waals surface area contributed by atoms with E-state index in [2.05, 4.69) is 27.7 Å². The molecule has 0 aromatic carbocycles. The monoisotopic (exact) mass is 341 g/mol. The minimum absolute atomic E-state index is 0.353. The first-order valence-electron chi connectivity index (χ1n) is 5.76. The summed E-state index contributed by atoms with van der Waals surface area (Å²) in [6.07, 6.45) is 2.91. The fourth-order valence-corrected chi connectivity index (χ4v) is 1.79. The van der Waals surface area contributed by atoms with Gasteiger partial charge in [-0.1, -0.05) is 27.7 Å². The molecule has 0 aliphatic rings. The maximum Gasteiger partial charge on any atom is 0.199 e. The van der Waals surface area contributed by atoms with Crippen LogP contribution in [-0.2, 0) is 4.74 Å². The minimum Gasteiger partial charge on any atom is -0.471 e. The SMILES string of the molecule is CC(C)C/C(=C/C(O)CC(C)C)O[C@@H](N)I. The number of alkyl halides is 1. The molecule has 0 aliphatic carbocycles. The van der Waals surface area contributed by atoms with Crippen LogP contribution in [0.3, 0.4) is 0 Å². The summed E-state index contributed by atoms with van der Waals surface area (Å²) in [5.41, 5.74) is 5.59. The van der Waals surface area contributed by atoms with Gasteiger partial charge in [0.1, 0.15) is 0 Å². The second kappa shape index (κ2) is 8.31. The lowest BCUT2D eigenvalue weighted by Gasteiger charge is -2.17. The summed E-state index contributed by atoms with van der Waals surface area (Å²) >= 11 is 2.01. The number of rotatable bonds is 7. The van der Waals surface area contributed by atoms with Gasteiger partial charge in [0, 0.05) is 6.42 Å². The fraction of sp³-hybridized carbons (Fsp3) is 0.833. The van der Waals surface area contributed by atoms with Gasteiger partial charge in [-0.2, -0.15) is 0 Å². The maximum absolute atomic E-state index is 9.82. The smallest absolute Gasteiger partial charge is 0.199 e. The highest BCUT2D eigenvalue weighted by molar-refractivity contribution is 14.1. The summed E-state index contributed by atoms with van der Waals surface area (Å²) < 4.78 is 5.13. The number of hydrogen-bond acceptors (Lipinski definition) is 3. The van der Waals surface area contributed by atoms with Crippen molar-refractivity contribution in [1.29, 1.82) is 0 Å². The van der Waals surface area contributed by atoms with E-state index in [1.54, 1.807) is 6.08 Å². The van der Waals surface area contributed by atoms with Gasteiger partial charge in [0.25, 0.3) is 0 Å². The third kappa shape index (κ3) is 9.42. The molecule has 1 unspecified atom stereocenters. The van der Waals surface area contributed by atoms with Crippen LogP contribution in [0.4, 0.5) is 0 Å². The van der Waals surface area contributed by atoms with Gasteiger partial charge >= 0.3 is 0 Å². The first-order chi connectivity index (χ1) is 7.31. The molecule has 0 radical (unpaired) electrons. The molecule has 0 aromatic rings. The molecule has 0 saturated carbocycles. The van der Waals surface area contributed by atoms with Crippen molar-refractivity contribution < 1.29 is 9.84 Å². The summed E-state index contributed by atoms with van der Waals surface area (Å²) in [6, 6.07) is 0. The Bertz CT molecular complexity index is 203. The van der Waals surface area contributed by atoms with E-state index in [9.17, 15) is 5.11 Å². The quantitative estimate of drug-likeness (QED) is 0.246. The molecule has 3 nitrogen and oxygen atoms in total. The summed E-state index contributed by atoms with van der Waals surface area (Å²) in [6.45, 7) is 8.41. The standard InChI is InChI=1S/C12H24INO2/c1-8(2)5-10(15)7-11(6-9(3)4)16-12(13)14/h7-10,12,15H,5-6,14H2,1-4H3/b11-7-/t10?,12-/m1/s1. The Morgan fingerprint density at radius 3 is 2.25 bits per heavy atom. The van der Waals surface area contributed by atoms with E-state index in [1.165, 1.54) is 0 Å². The summed E-state index contributed by atoms with van der Waals surface area (Å²) in [5.74, 6) is 1.76. The van der Waals surface area contributed by atoms with E-state index in [0.717, 1.165) is 18.6 Å². The van der Waals surface area contributed by atoms with Gasteiger partial charge in [-0.3, -0.25) is 5.73 Å². The molecule has 0 amide bonds. The van der Waals surface area contributed by atoms with Crippen LogP contribution in [0.15, 0.2) is 11.8 Å². The molecule has 0 aromatic heterocycles. The Labute approximate surface area is 113 Å². The summed E-state index contributed by atoms with van der Waals surface area (Å²) in [7, 11) is 0. The maximum atomic E-state index is 9.82. The van der Waals surface area contributed by atoms with Crippen LogP contribution in [0.25, 0.3) is 0 Å². The van der Waals surface area contributed by atoms with Gasteiger partial charge in [-0.05, 0) is 46.9 Å². The van der Waals surface area contributed by atoms with Crippen molar-refractivity contribution in [2.75, 3.05) is 0 Å². The van der Waals surface area contributed by atoms with Crippen LogP contribution in [0.1, 0.15) is 40.5 Å². The highest BCUT2D eigenvalue weighted by Gasteiger charge is 2.10. The largest absolute Gasteiger partial charge is 0.471 e. The summed E-state index contributed by atoms with van der Waals surface area (Å²) in [4.78, 5) is 0. The second-order valence-electron chi connectivity index (χ2n) is 4.90. The minimum atomic E-state index is -0.441. The topological polar surface area (TPSA) is 55.5 Å². The molecule has 0 aliphatic heterocycles. The molecule has 16 heavy (non-hydrogen) atoms. The number of ether oxygens (including phenoxy) is 1. The van der Waals surface area contributed by atoms with Gasteiger partial charge in [0.05, 0.1) is 11.9 Å². The lowest BCUT2D eigenvalue weighted by Crippen LogP contribution is -2.17. The lowest BCUT2D eigenvalue weighted by molar-refractivity contribution is 0.160. The third-order valence-electron chi connectivity index (χ3n) is 1.96. The van der Waals surface area contributed by atoms with Gasteiger partial charge in [-0.15, -0.1) is 0 Å². The molecule has 0 fully saturated rings. The third-order valence-corrected chi connectivity index (χ3v) is 2.22. The average molecular weight is 341 g/mol. The predicted octanol–water partition coefficient (Wildman–Crippen LogP) is 3.02. The van der Waals surface area contributed by atoms with Gasteiger partial charge in [-0.25, -0.2) is 0 Å². The number of aliphatic hydroxyl groups is 1. The van der Waals surface area contributed by atoms with Gasteiger partial charge in [0.15, 0.2) is 4.23 Å². The molecular weight excluding hydrogens is 317 g/mol. The van der Waals surface area contributed by atoms with Crippen LogP contribution >= 0.6 is 22.6 Å². The van der Waals surface area contributed by atoms with E-state index in [0.29, 0.717) is 11.8 Å². The van der Waals surface area contributed by atoms with Crippen molar-refractivity contribution in [1.82, 2.24) is 0 Å². The predicted molar refractivity (Wildman–Crippen MR) is 76.1 cm³/mol. The number of nitrogens with two attached hydrogens (primary N) is 1. The van der Waals surface area contributed by atoms with Crippen molar-refractivity contribution in [2.24, 2.45) is 17.6 Å². The Balaban J connectivity index is 4.40. The fourth-order valence-electron chi connectivity index (χ4n) is 1.47. The highest BCUT2D eigenvalue weighted by atomic mass is 127. The molecule has 4 heteroatoms. The summed E-state index contributed by atoms with van der Waals surface area (Å²) in [5, 5.41) is 9.82. The number of hydrogen-bond donors (Lipinski definition) is 2. The van der Waals surface area contributed by atoms with E-state index >= 15 is 0 Å². The van der Waals surface area contributed by atoms with Crippen molar-refractivity contribution >= 4 is 22.6 Å². The Morgan fingerprint density at radius 1 is 1.31 bits per heavy atom. The number of allylic oxidation sites excluding steroid dienone is 1. The molecule has 2 atom stereocenters. The highest BCUT2D eigenvalue weighted by Crippen LogP contribution is 2.17. The van der Waals surface area contributed by atoms with Crippen molar-refractivity contribution in [3.05, 3.63) is 11.8 Å². The first-order valence-corrected chi connectivity index (χ1v) is 7.00. The van der Waals surface area contributed by atoms with Crippen LogP contribution in [-0.4, -0.2) is 15.4 Å². The zero-order valence-electron chi connectivity index (χ0n) is 10.6. The second-order valence-corrected chi connectivity index (χ2v) is 6.12. The number of halogens is 1. The van der Waals surface area contributed by atoms with E-state index in [4.69, 9.17) is 10.5 Å². The van der Waals surface area contributed by atoms with Crippen LogP contribution in [0, 0.1) is 11.8 Å². The van der Waals surface area contributed by atoms with Gasteiger partial charge in [0.2, 0.25) is 0 Å². The molecule has 96 valence electrons. The first kappa shape index (κ1) is 16.2. The van der Waals surface area contributed by atoms with E-state index in [-0.39, 0.29) is 4.23 Å². The Hall–Kier alpha value is 0.190. The zero-order valence-corrected chi connectivity index (χ0v) is 12.8. The lowest BCUT2D eigenvalue weighted by atomic mass is 10.0. The average Bonchev–Trinajstić information content (AvgIpc) is 1.97. The molecule has 0 heterocycles. The normalized spacial score (nSPS) is 16.7. The van der Waals surface area contributed by atoms with E-state index < -0.39 is 6.10 Å². The Morgan fingerprint density at radius 2 is 1.88 bits per heavy atom. The number of aliphatic hydroxyl groups excluding tert-OH is 1.